The summed E-state index contributed by atoms with van der Waals surface area (Å²) in [6.07, 6.45) is 0. The number of hydrogen-bond acceptors (Lipinski definition) is 16. The third-order valence-corrected chi connectivity index (χ3v) is 621. The van der Waals surface area contributed by atoms with E-state index in [9.17, 15) is 172 Å². The normalized spacial score (nSPS) is 28.0. The van der Waals surface area contributed by atoms with Crippen molar-refractivity contribution in [3.63, 3.8) is 0 Å². The fourth-order valence-electron chi connectivity index (χ4n) is 8.22. The van der Waals surface area contributed by atoms with Gasteiger partial charge in [0.25, 0.3) is 0 Å². The van der Waals surface area contributed by atoms with Gasteiger partial charge in [-0.25, -0.2) is 0 Å². The van der Waals surface area contributed by atoms with Crippen LogP contribution in [0, 0.1) is 0 Å². The van der Waals surface area contributed by atoms with Gasteiger partial charge in [0.15, 0.2) is 0 Å². The summed E-state index contributed by atoms with van der Waals surface area (Å²) in [6.45, 7) is 0. The molecule has 0 aliphatic rings. The summed E-state index contributed by atoms with van der Waals surface area (Å²) in [5.74, 6) is 0. The Labute approximate surface area is 256 Å². The Hall–Kier alpha value is 2.01. The number of rotatable bonds is 14. The molecule has 53 heavy (non-hydrogen) atoms. The molecule has 0 aromatic heterocycles. The van der Waals surface area contributed by atoms with E-state index in [0.29, 0.717) is 0 Å². The van der Waals surface area contributed by atoms with E-state index in [1.54, 1.807) is 0 Å². The van der Waals surface area contributed by atoms with Gasteiger partial charge in [0.05, 0.1) is 0 Å². The first kappa shape index (κ1) is 55.0. The Balaban J connectivity index is 19.2. The molecule has 0 bridgehead atoms. The molecule has 0 aliphatic heterocycles. The second kappa shape index (κ2) is 5.44. The van der Waals surface area contributed by atoms with Gasteiger partial charge in [0.2, 0.25) is 0 Å². The van der Waals surface area contributed by atoms with Gasteiger partial charge < -0.3 is 0 Å². The molecular formula is H24MoO40P12. The van der Waals surface area contributed by atoms with E-state index in [1.165, 1.54) is 0 Å². The Bertz CT molecular complexity index is 2800. The molecular weight excluding hydrogens is 1110 g/mol. The van der Waals surface area contributed by atoms with E-state index < -0.39 is 71.7 Å². The third-order valence-electron chi connectivity index (χ3n) is 14.5. The van der Waals surface area contributed by atoms with Crippen LogP contribution in [0.15, 0.2) is 0 Å². The summed E-state index contributed by atoms with van der Waals surface area (Å²) >= 11 is 0. The molecule has 0 spiro atoms. The topological polar surface area (TPSA) is 743 Å². The van der Waals surface area contributed by atoms with Crippen LogP contribution in [-0.4, -0.2) is 117 Å². The SMILES string of the molecule is O=P(O)(O)[O][Mo](=[O])(=[O])([O]P(=O)(O)O)([P](=O)(O)O)([P](=O)(O)O)([P](=O)(O)O)([P](=O)(O)O)([P](=O)(O)O)([P](=O)(O)O)([P](=O)(O)O)([P](=O)(O)O)([P](=O)(O)O)[P](=O)(O)O. The maximum atomic E-state index is 18.6. The van der Waals surface area contributed by atoms with E-state index in [4.69, 9.17) is 0 Å². The zero-order valence-electron chi connectivity index (χ0n) is 23.0. The van der Waals surface area contributed by atoms with Crippen molar-refractivity contribution in [2.75, 3.05) is 0 Å². The van der Waals surface area contributed by atoms with Crippen molar-refractivity contribution in [1.82, 2.24) is 0 Å². The molecule has 0 amide bonds. The molecule has 0 saturated heterocycles. The summed E-state index contributed by atoms with van der Waals surface area (Å²) in [7, 11) is -24.0. The molecule has 0 unspecified atom stereocenters. The van der Waals surface area contributed by atoms with Crippen molar-refractivity contribution >= 4 is 72.5 Å². The molecule has 53 heteroatoms. The van der Waals surface area contributed by atoms with Crippen LogP contribution in [0.5, 0.6) is 0 Å². The third kappa shape index (κ3) is 0.813. The summed E-state index contributed by atoms with van der Waals surface area (Å²) < 4.78 is 183. The molecule has 0 aromatic rings. The Morgan fingerprint density at radius 1 is 0.226 bits per heavy atom. The molecule has 0 atom stereocenters. The predicted octanol–water partition coefficient (Wildman–Crippen LogP) is -4.84. The molecule has 24 N–H and O–H groups in total. The van der Waals surface area contributed by atoms with Crippen LogP contribution in [0.25, 0.3) is 0 Å². The van der Waals surface area contributed by atoms with E-state index in [2.05, 4.69) is 0 Å². The molecule has 0 aliphatic carbocycles. The number of hydrogen-bond donors (Lipinski definition) is 24. The average Bonchev–Trinajstić information content (AvgIpc) is 2.63. The van der Waals surface area contributed by atoms with Crippen molar-refractivity contribution in [1.29, 1.82) is 0 Å². The van der Waals surface area contributed by atoms with Crippen molar-refractivity contribution in [2.45, 2.75) is 0 Å². The summed E-state index contributed by atoms with van der Waals surface area (Å²) in [4.78, 5) is 258. The summed E-state index contributed by atoms with van der Waals surface area (Å²) in [5, 5.41) is 0. The first-order valence-corrected chi connectivity index (χ1v) is 58.4. The Morgan fingerprint density at radius 3 is 0.340 bits per heavy atom. The van der Waals surface area contributed by atoms with Crippen molar-refractivity contribution in [3.05, 3.63) is 0 Å². The van der Waals surface area contributed by atoms with E-state index >= 15 is 6.80 Å². The van der Waals surface area contributed by atoms with Crippen LogP contribution in [-0.2, 0) is 67.1 Å². The Morgan fingerprint density at radius 2 is 0.302 bits per heavy atom. The van der Waals surface area contributed by atoms with Gasteiger partial charge in [-0.1, -0.05) is 0 Å². The first-order valence-electron chi connectivity index (χ1n) is 9.85. The van der Waals surface area contributed by atoms with E-state index in [0.717, 1.165) is 6.35 Å². The molecule has 0 radical (unpaired) electrons. The molecule has 0 heterocycles. The monoisotopic (exact) mass is 1130 g/mol. The van der Waals surface area contributed by atoms with Crippen molar-refractivity contribution < 1.29 is 185 Å². The van der Waals surface area contributed by atoms with Gasteiger partial charge in [-0.3, -0.25) is 0 Å². The average molecular weight is 1130 g/mol. The minimum absolute atomic E-state index is 0.801. The van der Waals surface area contributed by atoms with E-state index in [1.807, 2.05) is 0 Å². The molecule has 40 nitrogen and oxygen atoms in total. The van der Waals surface area contributed by atoms with E-state index in [-0.39, 0.29) is 0 Å². The van der Waals surface area contributed by atoms with Gasteiger partial charge in [-0.15, -0.1) is 0 Å². The second-order valence-electron chi connectivity index (χ2n) is 13.1. The molecule has 330 valence electrons. The number of phosphoric acid groups is 2. The van der Waals surface area contributed by atoms with Crippen LogP contribution in [0.1, 0.15) is 0 Å². The predicted molar refractivity (Wildman–Crippen MR) is 148 cm³/mol. The van der Waals surface area contributed by atoms with Gasteiger partial charge in [0.1, 0.15) is 0 Å². The second-order valence-corrected chi connectivity index (χ2v) is 306. The van der Waals surface area contributed by atoms with Crippen LogP contribution in [0.4, 0.5) is 0 Å². The maximum absolute atomic E-state index is 29.7. The zero-order valence-corrected chi connectivity index (χ0v) is 35.8. The quantitative estimate of drug-likeness (QED) is 0.0573. The van der Waals surface area contributed by atoms with Crippen molar-refractivity contribution in [3.8, 4) is 0 Å². The van der Waals surface area contributed by atoms with Gasteiger partial charge in [-0.05, 0) is 0 Å². The van der Waals surface area contributed by atoms with Crippen LogP contribution >= 0.6 is 72.5 Å². The standard InChI is InChI=1S/Mo.2H3O4P.10HO3P.2O/c;2*1-5(2,3)4;10*1-4(2)3;;/h;2*(H3,1,2,3,4);10*(H-,1,2,3);;/q-8;;;;;;;;;;;;;;/p+8. The van der Waals surface area contributed by atoms with Crippen LogP contribution < -0.4 is 0 Å². The summed E-state index contributed by atoms with van der Waals surface area (Å²) in [5.41, 5.74) is -158. The van der Waals surface area contributed by atoms with Gasteiger partial charge >= 0.3 is 257 Å². The van der Waals surface area contributed by atoms with Crippen LogP contribution in [0.2, 0.25) is 0 Å². The Kier molecular flexibility index (Phi) is 5.65. The van der Waals surface area contributed by atoms with Gasteiger partial charge in [0, 0.05) is 0 Å². The molecule has 0 aromatic carbocycles. The minimum atomic E-state index is -29.7. The van der Waals surface area contributed by atoms with Crippen LogP contribution in [0.3, 0.4) is 0 Å². The molecule has 0 saturated carbocycles. The fraction of sp³-hybridized carbons (Fsp3) is 0. The molecule has 0 fully saturated rings. The summed E-state index contributed by atoms with van der Waals surface area (Å²) in [6, 6.07) is 0. The van der Waals surface area contributed by atoms with Gasteiger partial charge in [-0.2, -0.15) is 0 Å². The zero-order chi connectivity index (χ0) is 45.7. The first-order chi connectivity index (χ1) is 21.0. The molecule has 0 rings (SSSR count). The van der Waals surface area contributed by atoms with Crippen molar-refractivity contribution in [2.24, 2.45) is 0 Å². The fourth-order valence-corrected chi connectivity index (χ4v) is 429.